The average molecular weight is 268 g/mol. The number of hydrogen-bond donors (Lipinski definition) is 1. The van der Waals surface area contributed by atoms with Gasteiger partial charge in [0, 0.05) is 50.2 Å². The van der Waals surface area contributed by atoms with Crippen molar-refractivity contribution in [2.24, 2.45) is 0 Å². The second-order valence-corrected chi connectivity index (χ2v) is 6.42. The molecule has 0 bridgehead atoms. The minimum Gasteiger partial charge on any atom is -0.314 e. The molecule has 1 aromatic rings. The van der Waals surface area contributed by atoms with E-state index in [0.717, 1.165) is 39.3 Å². The van der Waals surface area contributed by atoms with Crippen molar-refractivity contribution in [1.29, 1.82) is 0 Å². The molecule has 2 rings (SSSR count). The molecule has 0 radical (unpaired) electrons. The lowest BCUT2D eigenvalue weighted by atomic mass is 10.0. The fraction of sp³-hybridized carbons (Fsp3) is 0.769. The van der Waals surface area contributed by atoms with Gasteiger partial charge in [0.2, 0.25) is 0 Å². The summed E-state index contributed by atoms with van der Waals surface area (Å²) in [5.74, 6) is 0. The molecule has 102 valence electrons. The Balaban J connectivity index is 1.86. The smallest absolute Gasteiger partial charge is 0.0795 e. The number of aromatic nitrogens is 1. The van der Waals surface area contributed by atoms with E-state index in [4.69, 9.17) is 0 Å². The predicted octanol–water partition coefficient (Wildman–Crippen LogP) is 1.26. The molecular weight excluding hydrogens is 244 g/mol. The third kappa shape index (κ3) is 3.75. The molecule has 2 heterocycles. The SMILES string of the molecule is CN(Cc1cscn1)CC(C)(C)N1CCNCC1. The van der Waals surface area contributed by atoms with Crippen LogP contribution < -0.4 is 5.32 Å². The number of rotatable bonds is 5. The summed E-state index contributed by atoms with van der Waals surface area (Å²) in [5.41, 5.74) is 3.32. The molecule has 0 saturated carbocycles. The van der Waals surface area contributed by atoms with E-state index in [2.05, 4.69) is 46.4 Å². The Kier molecular flexibility index (Phi) is 4.72. The van der Waals surface area contributed by atoms with E-state index in [9.17, 15) is 0 Å². The van der Waals surface area contributed by atoms with Gasteiger partial charge in [-0.15, -0.1) is 11.3 Å². The van der Waals surface area contributed by atoms with Gasteiger partial charge in [-0.3, -0.25) is 9.80 Å². The lowest BCUT2D eigenvalue weighted by Crippen LogP contribution is -2.57. The van der Waals surface area contributed by atoms with Crippen LogP contribution in [0.1, 0.15) is 19.5 Å². The fourth-order valence-electron chi connectivity index (χ4n) is 2.68. The second kappa shape index (κ2) is 6.10. The maximum atomic E-state index is 4.35. The lowest BCUT2D eigenvalue weighted by molar-refractivity contribution is 0.0691. The van der Waals surface area contributed by atoms with Crippen LogP contribution in [0.25, 0.3) is 0 Å². The Morgan fingerprint density at radius 1 is 1.44 bits per heavy atom. The number of thiazole rings is 1. The monoisotopic (exact) mass is 268 g/mol. The van der Waals surface area contributed by atoms with Gasteiger partial charge in [0.25, 0.3) is 0 Å². The first-order valence-corrected chi connectivity index (χ1v) is 7.53. The highest BCUT2D eigenvalue weighted by Crippen LogP contribution is 2.17. The van der Waals surface area contributed by atoms with E-state index in [0.29, 0.717) is 0 Å². The summed E-state index contributed by atoms with van der Waals surface area (Å²) in [6, 6.07) is 0. The molecule has 0 unspecified atom stereocenters. The molecule has 1 saturated heterocycles. The maximum Gasteiger partial charge on any atom is 0.0795 e. The van der Waals surface area contributed by atoms with Crippen molar-refractivity contribution in [3.63, 3.8) is 0 Å². The van der Waals surface area contributed by atoms with Crippen molar-refractivity contribution >= 4 is 11.3 Å². The maximum absolute atomic E-state index is 4.35. The second-order valence-electron chi connectivity index (χ2n) is 5.70. The van der Waals surface area contributed by atoms with E-state index < -0.39 is 0 Å². The third-order valence-electron chi connectivity index (χ3n) is 3.55. The zero-order valence-electron chi connectivity index (χ0n) is 11.6. The number of likely N-dealkylation sites (N-methyl/N-ethyl adjacent to an activating group) is 1. The highest BCUT2D eigenvalue weighted by atomic mass is 32.1. The molecule has 5 heteroatoms. The van der Waals surface area contributed by atoms with Crippen LogP contribution >= 0.6 is 11.3 Å². The molecule has 0 spiro atoms. The highest BCUT2D eigenvalue weighted by Gasteiger charge is 2.28. The molecule has 1 fully saturated rings. The van der Waals surface area contributed by atoms with E-state index in [-0.39, 0.29) is 5.54 Å². The van der Waals surface area contributed by atoms with Gasteiger partial charge in [0.1, 0.15) is 0 Å². The first kappa shape index (κ1) is 13.9. The standard InChI is InChI=1S/C13H24N4S/c1-13(2,17-6-4-14-5-7-17)10-16(3)8-12-9-18-11-15-12/h9,11,14H,4-8,10H2,1-3H3. The van der Waals surface area contributed by atoms with Crippen LogP contribution in [0.5, 0.6) is 0 Å². The average Bonchev–Trinajstić information content (AvgIpc) is 2.82. The lowest BCUT2D eigenvalue weighted by Gasteiger charge is -2.43. The predicted molar refractivity (Wildman–Crippen MR) is 77.0 cm³/mol. The summed E-state index contributed by atoms with van der Waals surface area (Å²) in [5, 5.41) is 5.55. The summed E-state index contributed by atoms with van der Waals surface area (Å²) in [4.78, 5) is 9.31. The van der Waals surface area contributed by atoms with Crippen molar-refractivity contribution in [2.45, 2.75) is 25.9 Å². The summed E-state index contributed by atoms with van der Waals surface area (Å²) in [7, 11) is 2.18. The Hall–Kier alpha value is -0.490. The van der Waals surface area contributed by atoms with Crippen LogP contribution in [0.3, 0.4) is 0 Å². The molecule has 0 amide bonds. The zero-order valence-corrected chi connectivity index (χ0v) is 12.5. The highest BCUT2D eigenvalue weighted by molar-refractivity contribution is 7.07. The molecule has 4 nitrogen and oxygen atoms in total. The molecule has 0 aliphatic carbocycles. The van der Waals surface area contributed by atoms with Gasteiger partial charge < -0.3 is 5.32 Å². The van der Waals surface area contributed by atoms with Crippen LogP contribution in [0.15, 0.2) is 10.9 Å². The molecule has 0 aromatic carbocycles. The molecule has 0 atom stereocenters. The van der Waals surface area contributed by atoms with Gasteiger partial charge in [-0.25, -0.2) is 4.98 Å². The summed E-state index contributed by atoms with van der Waals surface area (Å²) in [6.45, 7) is 11.2. The first-order chi connectivity index (χ1) is 8.58. The van der Waals surface area contributed by atoms with Crippen LogP contribution in [-0.4, -0.2) is 60.1 Å². The van der Waals surface area contributed by atoms with E-state index >= 15 is 0 Å². The van der Waals surface area contributed by atoms with E-state index in [1.165, 1.54) is 5.69 Å². The van der Waals surface area contributed by atoms with Crippen LogP contribution in [0, 0.1) is 0 Å². The molecule has 1 aromatic heterocycles. The van der Waals surface area contributed by atoms with E-state index in [1.54, 1.807) is 11.3 Å². The van der Waals surface area contributed by atoms with Gasteiger partial charge in [0.05, 0.1) is 11.2 Å². The normalized spacial score (nSPS) is 18.4. The van der Waals surface area contributed by atoms with E-state index in [1.807, 2.05) is 5.51 Å². The Morgan fingerprint density at radius 2 is 2.17 bits per heavy atom. The van der Waals surface area contributed by atoms with Gasteiger partial charge in [-0.1, -0.05) is 0 Å². The van der Waals surface area contributed by atoms with Crippen molar-refractivity contribution in [1.82, 2.24) is 20.1 Å². The van der Waals surface area contributed by atoms with Crippen molar-refractivity contribution in [2.75, 3.05) is 39.8 Å². The number of nitrogens with zero attached hydrogens (tertiary/aromatic N) is 3. The van der Waals surface area contributed by atoms with Crippen LogP contribution in [0.2, 0.25) is 0 Å². The summed E-state index contributed by atoms with van der Waals surface area (Å²) >= 11 is 1.67. The van der Waals surface area contributed by atoms with Crippen molar-refractivity contribution in [3.8, 4) is 0 Å². The summed E-state index contributed by atoms with van der Waals surface area (Å²) < 4.78 is 0. The minimum atomic E-state index is 0.229. The van der Waals surface area contributed by atoms with Gasteiger partial charge >= 0.3 is 0 Å². The Labute approximate surface area is 114 Å². The first-order valence-electron chi connectivity index (χ1n) is 6.59. The van der Waals surface area contributed by atoms with Crippen molar-refractivity contribution < 1.29 is 0 Å². The molecule has 18 heavy (non-hydrogen) atoms. The zero-order chi connectivity index (χ0) is 13.0. The van der Waals surface area contributed by atoms with Crippen LogP contribution in [-0.2, 0) is 6.54 Å². The Bertz CT molecular complexity index is 344. The molecule has 1 aliphatic heterocycles. The van der Waals surface area contributed by atoms with Crippen molar-refractivity contribution in [3.05, 3.63) is 16.6 Å². The van der Waals surface area contributed by atoms with Gasteiger partial charge in [-0.2, -0.15) is 0 Å². The number of hydrogen-bond acceptors (Lipinski definition) is 5. The molecule has 1 aliphatic rings. The largest absolute Gasteiger partial charge is 0.314 e. The quantitative estimate of drug-likeness (QED) is 0.871. The number of piperazine rings is 1. The number of nitrogens with one attached hydrogen (secondary N) is 1. The molecule has 1 N–H and O–H groups in total. The topological polar surface area (TPSA) is 31.4 Å². The molecular formula is C13H24N4S. The fourth-order valence-corrected chi connectivity index (χ4v) is 3.23. The summed E-state index contributed by atoms with van der Waals surface area (Å²) in [6.07, 6.45) is 0. The third-order valence-corrected chi connectivity index (χ3v) is 4.18. The van der Waals surface area contributed by atoms with Gasteiger partial charge in [-0.05, 0) is 20.9 Å². The van der Waals surface area contributed by atoms with Crippen LogP contribution in [0.4, 0.5) is 0 Å². The minimum absolute atomic E-state index is 0.229. The Morgan fingerprint density at radius 3 is 2.78 bits per heavy atom. The van der Waals surface area contributed by atoms with Gasteiger partial charge in [0.15, 0.2) is 0 Å².